The third kappa shape index (κ3) is 3.31. The van der Waals surface area contributed by atoms with Crippen LogP contribution in [0.25, 0.3) is 0 Å². The molecule has 5 heteroatoms. The summed E-state index contributed by atoms with van der Waals surface area (Å²) < 4.78 is 5.40. The van der Waals surface area contributed by atoms with Crippen molar-refractivity contribution in [3.05, 3.63) is 53.1 Å². The Bertz CT molecular complexity index is 569. The Labute approximate surface area is 119 Å². The molecular formula is C15H20N4O. The van der Waals surface area contributed by atoms with E-state index in [0.29, 0.717) is 6.42 Å². The molecule has 0 spiro atoms. The minimum atomic E-state index is -0.0983. The Morgan fingerprint density at radius 1 is 1.25 bits per heavy atom. The van der Waals surface area contributed by atoms with Crippen molar-refractivity contribution in [3.63, 3.8) is 0 Å². The molecule has 5 nitrogen and oxygen atoms in total. The average Bonchev–Trinajstić information content (AvgIpc) is 2.46. The highest BCUT2D eigenvalue weighted by Crippen LogP contribution is 2.24. The van der Waals surface area contributed by atoms with Gasteiger partial charge in [-0.05, 0) is 31.9 Å². The number of nitrogens with two attached hydrogens (primary N) is 1. The molecule has 0 radical (unpaired) electrons. The second kappa shape index (κ2) is 6.45. The SMILES string of the molecule is COc1ccc(C)cc1CC(NN)c1cnc(C)cn1. The quantitative estimate of drug-likeness (QED) is 0.642. The molecule has 20 heavy (non-hydrogen) atoms. The van der Waals surface area contributed by atoms with Gasteiger partial charge in [-0.1, -0.05) is 17.7 Å². The van der Waals surface area contributed by atoms with Crippen LogP contribution < -0.4 is 16.0 Å². The van der Waals surface area contributed by atoms with Crippen molar-refractivity contribution in [2.24, 2.45) is 5.84 Å². The van der Waals surface area contributed by atoms with Crippen LogP contribution in [0.5, 0.6) is 5.75 Å². The summed E-state index contributed by atoms with van der Waals surface area (Å²) in [4.78, 5) is 8.64. The van der Waals surface area contributed by atoms with E-state index in [-0.39, 0.29) is 6.04 Å². The molecule has 1 unspecified atom stereocenters. The van der Waals surface area contributed by atoms with E-state index >= 15 is 0 Å². The van der Waals surface area contributed by atoms with E-state index in [4.69, 9.17) is 10.6 Å². The van der Waals surface area contributed by atoms with E-state index in [1.807, 2.05) is 19.1 Å². The zero-order valence-corrected chi connectivity index (χ0v) is 12.1. The summed E-state index contributed by atoms with van der Waals surface area (Å²) in [5.41, 5.74) is 6.79. The lowest BCUT2D eigenvalue weighted by atomic mass is 10.0. The minimum absolute atomic E-state index is 0.0983. The first-order chi connectivity index (χ1) is 9.63. The monoisotopic (exact) mass is 272 g/mol. The van der Waals surface area contributed by atoms with Gasteiger partial charge in [-0.15, -0.1) is 0 Å². The molecule has 1 heterocycles. The van der Waals surface area contributed by atoms with Crippen molar-refractivity contribution in [2.45, 2.75) is 26.3 Å². The summed E-state index contributed by atoms with van der Waals surface area (Å²) in [6.45, 7) is 3.96. The van der Waals surface area contributed by atoms with Crippen LogP contribution in [0.2, 0.25) is 0 Å². The number of benzene rings is 1. The molecule has 0 amide bonds. The van der Waals surface area contributed by atoms with Crippen LogP contribution in [0, 0.1) is 13.8 Å². The van der Waals surface area contributed by atoms with Gasteiger partial charge in [0, 0.05) is 6.20 Å². The van der Waals surface area contributed by atoms with E-state index in [0.717, 1.165) is 22.7 Å². The highest BCUT2D eigenvalue weighted by molar-refractivity contribution is 5.37. The molecule has 0 saturated heterocycles. The van der Waals surface area contributed by atoms with Crippen molar-refractivity contribution in [1.29, 1.82) is 0 Å². The number of nitrogens with one attached hydrogen (secondary N) is 1. The molecule has 2 rings (SSSR count). The Morgan fingerprint density at radius 3 is 2.65 bits per heavy atom. The molecule has 0 fully saturated rings. The largest absolute Gasteiger partial charge is 0.496 e. The van der Waals surface area contributed by atoms with Gasteiger partial charge >= 0.3 is 0 Å². The molecule has 0 saturated carbocycles. The molecule has 3 N–H and O–H groups in total. The second-order valence-corrected chi connectivity index (χ2v) is 4.82. The van der Waals surface area contributed by atoms with Gasteiger partial charge in [0.2, 0.25) is 0 Å². The van der Waals surface area contributed by atoms with Crippen LogP contribution >= 0.6 is 0 Å². The zero-order chi connectivity index (χ0) is 14.5. The lowest BCUT2D eigenvalue weighted by Gasteiger charge is -2.17. The second-order valence-electron chi connectivity index (χ2n) is 4.82. The Morgan fingerprint density at radius 2 is 2.05 bits per heavy atom. The summed E-state index contributed by atoms with van der Waals surface area (Å²) in [7, 11) is 1.67. The van der Waals surface area contributed by atoms with Crippen LogP contribution in [0.3, 0.4) is 0 Å². The number of hydrazine groups is 1. The van der Waals surface area contributed by atoms with Crippen LogP contribution in [-0.4, -0.2) is 17.1 Å². The molecule has 106 valence electrons. The van der Waals surface area contributed by atoms with E-state index < -0.39 is 0 Å². The fraction of sp³-hybridized carbons (Fsp3) is 0.333. The summed E-state index contributed by atoms with van der Waals surface area (Å²) in [6, 6.07) is 6.00. The summed E-state index contributed by atoms with van der Waals surface area (Å²) >= 11 is 0. The van der Waals surface area contributed by atoms with E-state index in [1.165, 1.54) is 5.56 Å². The third-order valence-corrected chi connectivity index (χ3v) is 3.22. The van der Waals surface area contributed by atoms with Crippen molar-refractivity contribution in [1.82, 2.24) is 15.4 Å². The van der Waals surface area contributed by atoms with Crippen molar-refractivity contribution >= 4 is 0 Å². The predicted molar refractivity (Wildman–Crippen MR) is 78.3 cm³/mol. The van der Waals surface area contributed by atoms with Crippen LogP contribution in [0.4, 0.5) is 0 Å². The smallest absolute Gasteiger partial charge is 0.122 e. The van der Waals surface area contributed by atoms with Crippen LogP contribution in [-0.2, 0) is 6.42 Å². The highest BCUT2D eigenvalue weighted by atomic mass is 16.5. The topological polar surface area (TPSA) is 73.1 Å². The van der Waals surface area contributed by atoms with Gasteiger partial charge in [0.25, 0.3) is 0 Å². The number of hydrogen-bond donors (Lipinski definition) is 2. The number of ether oxygens (including phenoxy) is 1. The van der Waals surface area contributed by atoms with Gasteiger partial charge in [-0.25, -0.2) is 0 Å². The highest BCUT2D eigenvalue weighted by Gasteiger charge is 2.15. The molecule has 2 aromatic rings. The first-order valence-electron chi connectivity index (χ1n) is 6.52. The number of rotatable bonds is 5. The Kier molecular flexibility index (Phi) is 4.65. The number of hydrogen-bond acceptors (Lipinski definition) is 5. The lowest BCUT2D eigenvalue weighted by molar-refractivity contribution is 0.405. The summed E-state index contributed by atoms with van der Waals surface area (Å²) in [5, 5.41) is 0. The third-order valence-electron chi connectivity index (χ3n) is 3.22. The Balaban J connectivity index is 2.26. The number of methoxy groups -OCH3 is 1. The summed E-state index contributed by atoms with van der Waals surface area (Å²) in [5.74, 6) is 6.52. The van der Waals surface area contributed by atoms with Gasteiger partial charge in [0.1, 0.15) is 5.75 Å². The fourth-order valence-electron chi connectivity index (χ4n) is 2.12. The summed E-state index contributed by atoms with van der Waals surface area (Å²) in [6.07, 6.45) is 4.19. The number of aryl methyl sites for hydroxylation is 2. The van der Waals surface area contributed by atoms with Crippen molar-refractivity contribution < 1.29 is 4.74 Å². The molecule has 0 aliphatic rings. The van der Waals surface area contributed by atoms with Gasteiger partial charge in [0.15, 0.2) is 0 Å². The van der Waals surface area contributed by atoms with Gasteiger partial charge in [-0.2, -0.15) is 0 Å². The van der Waals surface area contributed by atoms with Gasteiger partial charge in [-0.3, -0.25) is 21.2 Å². The first-order valence-corrected chi connectivity index (χ1v) is 6.52. The first kappa shape index (κ1) is 14.4. The van der Waals surface area contributed by atoms with Gasteiger partial charge < -0.3 is 4.74 Å². The maximum absolute atomic E-state index is 5.66. The maximum Gasteiger partial charge on any atom is 0.122 e. The Hall–Kier alpha value is -1.98. The maximum atomic E-state index is 5.66. The fourth-order valence-corrected chi connectivity index (χ4v) is 2.12. The van der Waals surface area contributed by atoms with Crippen molar-refractivity contribution in [2.75, 3.05) is 7.11 Å². The van der Waals surface area contributed by atoms with Crippen molar-refractivity contribution in [3.8, 4) is 5.75 Å². The molecular weight excluding hydrogens is 252 g/mol. The molecule has 0 aliphatic heterocycles. The average molecular weight is 272 g/mol. The zero-order valence-electron chi connectivity index (χ0n) is 12.1. The van der Waals surface area contributed by atoms with Crippen LogP contribution in [0.15, 0.2) is 30.6 Å². The number of aromatic nitrogens is 2. The van der Waals surface area contributed by atoms with Crippen LogP contribution in [0.1, 0.15) is 28.6 Å². The molecule has 1 aromatic carbocycles. The van der Waals surface area contributed by atoms with E-state index in [2.05, 4.69) is 28.4 Å². The van der Waals surface area contributed by atoms with Gasteiger partial charge in [0.05, 0.1) is 30.7 Å². The predicted octanol–water partition coefficient (Wildman–Crippen LogP) is 1.85. The molecule has 1 atom stereocenters. The lowest BCUT2D eigenvalue weighted by Crippen LogP contribution is -2.30. The normalized spacial score (nSPS) is 12.2. The number of nitrogens with zero attached hydrogens (tertiary/aromatic N) is 2. The standard InChI is InChI=1S/C15H20N4O/c1-10-4-5-15(20-3)12(6-10)7-13(19-16)14-9-17-11(2)8-18-14/h4-6,8-9,13,19H,7,16H2,1-3H3. The van der Waals surface area contributed by atoms with E-state index in [9.17, 15) is 0 Å². The molecule has 1 aromatic heterocycles. The van der Waals surface area contributed by atoms with E-state index in [1.54, 1.807) is 19.5 Å². The molecule has 0 bridgehead atoms. The molecule has 0 aliphatic carbocycles. The minimum Gasteiger partial charge on any atom is -0.496 e.